The topological polar surface area (TPSA) is 52.0 Å². The van der Waals surface area contributed by atoms with Crippen molar-refractivity contribution < 1.29 is 0 Å². The first-order valence-electron chi connectivity index (χ1n) is 4.90. The number of hydrogen-bond acceptors (Lipinski definition) is 2. The monoisotopic (exact) mass is 198 g/mol. The van der Waals surface area contributed by atoms with Gasteiger partial charge < -0.3 is 11.5 Å². The molecular weight excluding hydrogens is 184 g/mol. The molecule has 2 heteroatoms. The van der Waals surface area contributed by atoms with E-state index in [0.29, 0.717) is 11.4 Å². The van der Waals surface area contributed by atoms with Crippen LogP contribution < -0.4 is 11.5 Å². The van der Waals surface area contributed by atoms with E-state index < -0.39 is 0 Å². The zero-order valence-corrected chi connectivity index (χ0v) is 8.70. The average Bonchev–Trinajstić information content (AvgIpc) is 2.26. The summed E-state index contributed by atoms with van der Waals surface area (Å²) in [6.07, 6.45) is 0. The van der Waals surface area contributed by atoms with Crippen LogP contribution in [-0.4, -0.2) is 0 Å². The van der Waals surface area contributed by atoms with Gasteiger partial charge in [-0.15, -0.1) is 0 Å². The molecule has 4 N–H and O–H groups in total. The highest BCUT2D eigenvalue weighted by molar-refractivity contribution is 5.86. The number of aryl methyl sites for hydroxylation is 1. The highest BCUT2D eigenvalue weighted by Gasteiger charge is 2.07. The maximum Gasteiger partial charge on any atom is 0.0630 e. The first kappa shape index (κ1) is 9.59. The molecule has 0 aliphatic heterocycles. The van der Waals surface area contributed by atoms with Crippen LogP contribution in [0.25, 0.3) is 11.1 Å². The molecule has 2 aromatic rings. The summed E-state index contributed by atoms with van der Waals surface area (Å²) in [6.45, 7) is 2.04. The summed E-state index contributed by atoms with van der Waals surface area (Å²) in [7, 11) is 0. The van der Waals surface area contributed by atoms with Crippen molar-refractivity contribution >= 4 is 11.4 Å². The lowest BCUT2D eigenvalue weighted by Crippen LogP contribution is -1.98. The quantitative estimate of drug-likeness (QED) is 0.692. The average molecular weight is 198 g/mol. The molecule has 0 heterocycles. The summed E-state index contributed by atoms with van der Waals surface area (Å²) in [5.41, 5.74) is 16.4. The second-order valence-electron chi connectivity index (χ2n) is 3.63. The second kappa shape index (κ2) is 3.65. The predicted molar refractivity (Wildman–Crippen MR) is 65.4 cm³/mol. The lowest BCUT2D eigenvalue weighted by molar-refractivity contribution is 1.46. The molecule has 0 saturated carbocycles. The van der Waals surface area contributed by atoms with Crippen molar-refractivity contribution in [2.24, 2.45) is 0 Å². The fourth-order valence-electron chi connectivity index (χ4n) is 1.73. The normalized spacial score (nSPS) is 10.2. The molecule has 0 aromatic heterocycles. The first-order chi connectivity index (χ1) is 7.20. The Bertz CT molecular complexity index is 475. The zero-order chi connectivity index (χ0) is 10.8. The molecule has 0 spiro atoms. The minimum atomic E-state index is 0.638. The standard InChI is InChI=1S/C13H14N2/c1-9-7-8-11(14)13(15)12(9)10-5-3-2-4-6-10/h2-8H,14-15H2,1H3. The van der Waals surface area contributed by atoms with Gasteiger partial charge in [-0.3, -0.25) is 0 Å². The van der Waals surface area contributed by atoms with Gasteiger partial charge in [-0.05, 0) is 24.1 Å². The first-order valence-corrected chi connectivity index (χ1v) is 4.90. The molecule has 0 saturated heterocycles. The molecule has 0 atom stereocenters. The third-order valence-electron chi connectivity index (χ3n) is 2.55. The SMILES string of the molecule is Cc1ccc(N)c(N)c1-c1ccccc1. The molecule has 2 rings (SSSR count). The van der Waals surface area contributed by atoms with Gasteiger partial charge in [-0.2, -0.15) is 0 Å². The molecule has 0 unspecified atom stereocenters. The Morgan fingerprint density at radius 1 is 0.867 bits per heavy atom. The van der Waals surface area contributed by atoms with Crippen molar-refractivity contribution in [3.05, 3.63) is 48.0 Å². The Hall–Kier alpha value is -1.96. The van der Waals surface area contributed by atoms with Crippen LogP contribution in [0, 0.1) is 6.92 Å². The minimum absolute atomic E-state index is 0.638. The number of rotatable bonds is 1. The Morgan fingerprint density at radius 3 is 2.20 bits per heavy atom. The molecule has 2 nitrogen and oxygen atoms in total. The van der Waals surface area contributed by atoms with E-state index in [9.17, 15) is 0 Å². The number of anilines is 2. The summed E-state index contributed by atoms with van der Waals surface area (Å²) < 4.78 is 0. The lowest BCUT2D eigenvalue weighted by Gasteiger charge is -2.11. The van der Waals surface area contributed by atoms with Crippen LogP contribution in [0.5, 0.6) is 0 Å². The summed E-state index contributed by atoms with van der Waals surface area (Å²) in [5.74, 6) is 0. The van der Waals surface area contributed by atoms with Crippen molar-refractivity contribution in [3.63, 3.8) is 0 Å². The molecule has 15 heavy (non-hydrogen) atoms. The van der Waals surface area contributed by atoms with Crippen LogP contribution in [0.1, 0.15) is 5.56 Å². The van der Waals surface area contributed by atoms with E-state index in [1.165, 1.54) is 0 Å². The Kier molecular flexibility index (Phi) is 2.34. The van der Waals surface area contributed by atoms with Gasteiger partial charge in [0.15, 0.2) is 0 Å². The molecule has 0 bridgehead atoms. The van der Waals surface area contributed by atoms with Crippen LogP contribution in [0.3, 0.4) is 0 Å². The number of hydrogen-bond donors (Lipinski definition) is 2. The molecule has 76 valence electrons. The van der Waals surface area contributed by atoms with Crippen LogP contribution in [-0.2, 0) is 0 Å². The second-order valence-corrected chi connectivity index (χ2v) is 3.63. The Labute approximate surface area is 89.5 Å². The third kappa shape index (κ3) is 1.66. The van der Waals surface area contributed by atoms with E-state index in [1.807, 2.05) is 49.4 Å². The van der Waals surface area contributed by atoms with Crippen molar-refractivity contribution in [2.45, 2.75) is 6.92 Å². The molecule has 0 fully saturated rings. The van der Waals surface area contributed by atoms with Gasteiger partial charge in [0.1, 0.15) is 0 Å². The van der Waals surface area contributed by atoms with Crippen molar-refractivity contribution in [1.82, 2.24) is 0 Å². The summed E-state index contributed by atoms with van der Waals surface area (Å²) in [5, 5.41) is 0. The number of nitrogen functional groups attached to an aromatic ring is 2. The van der Waals surface area contributed by atoms with Crippen molar-refractivity contribution in [1.29, 1.82) is 0 Å². The van der Waals surface area contributed by atoms with E-state index in [4.69, 9.17) is 11.5 Å². The van der Waals surface area contributed by atoms with Gasteiger partial charge >= 0.3 is 0 Å². The number of benzene rings is 2. The summed E-state index contributed by atoms with van der Waals surface area (Å²) in [4.78, 5) is 0. The van der Waals surface area contributed by atoms with Gasteiger partial charge in [-0.25, -0.2) is 0 Å². The highest BCUT2D eigenvalue weighted by Crippen LogP contribution is 2.32. The fraction of sp³-hybridized carbons (Fsp3) is 0.0769. The number of nitrogens with two attached hydrogens (primary N) is 2. The Morgan fingerprint density at radius 2 is 1.53 bits per heavy atom. The van der Waals surface area contributed by atoms with E-state index >= 15 is 0 Å². The third-order valence-corrected chi connectivity index (χ3v) is 2.55. The van der Waals surface area contributed by atoms with Crippen LogP contribution in [0.4, 0.5) is 11.4 Å². The Balaban J connectivity index is 2.68. The smallest absolute Gasteiger partial charge is 0.0630 e. The molecule has 2 aromatic carbocycles. The molecule has 0 amide bonds. The molecular formula is C13H14N2. The van der Waals surface area contributed by atoms with E-state index in [2.05, 4.69) is 0 Å². The van der Waals surface area contributed by atoms with Crippen LogP contribution in [0.15, 0.2) is 42.5 Å². The molecule has 0 aliphatic rings. The zero-order valence-electron chi connectivity index (χ0n) is 8.70. The van der Waals surface area contributed by atoms with Crippen LogP contribution >= 0.6 is 0 Å². The molecule has 0 radical (unpaired) electrons. The van der Waals surface area contributed by atoms with Crippen molar-refractivity contribution in [2.75, 3.05) is 11.5 Å². The van der Waals surface area contributed by atoms with Gasteiger partial charge in [0.25, 0.3) is 0 Å². The van der Waals surface area contributed by atoms with Gasteiger partial charge in [0, 0.05) is 5.56 Å². The summed E-state index contributed by atoms with van der Waals surface area (Å²) in [6, 6.07) is 13.9. The highest BCUT2D eigenvalue weighted by atomic mass is 14.7. The maximum atomic E-state index is 5.99. The van der Waals surface area contributed by atoms with Gasteiger partial charge in [-0.1, -0.05) is 36.4 Å². The van der Waals surface area contributed by atoms with E-state index in [-0.39, 0.29) is 0 Å². The fourth-order valence-corrected chi connectivity index (χ4v) is 1.73. The summed E-state index contributed by atoms with van der Waals surface area (Å²) >= 11 is 0. The maximum absolute atomic E-state index is 5.99. The lowest BCUT2D eigenvalue weighted by atomic mass is 9.98. The minimum Gasteiger partial charge on any atom is -0.397 e. The van der Waals surface area contributed by atoms with Crippen molar-refractivity contribution in [3.8, 4) is 11.1 Å². The van der Waals surface area contributed by atoms with E-state index in [0.717, 1.165) is 16.7 Å². The van der Waals surface area contributed by atoms with Crippen LogP contribution in [0.2, 0.25) is 0 Å². The van der Waals surface area contributed by atoms with Gasteiger partial charge in [0.05, 0.1) is 11.4 Å². The van der Waals surface area contributed by atoms with E-state index in [1.54, 1.807) is 0 Å². The van der Waals surface area contributed by atoms with Gasteiger partial charge in [0.2, 0.25) is 0 Å². The molecule has 0 aliphatic carbocycles. The predicted octanol–water partition coefficient (Wildman–Crippen LogP) is 2.83. The largest absolute Gasteiger partial charge is 0.397 e.